The lowest BCUT2D eigenvalue weighted by atomic mass is 10.1. The number of nitrogens with zero attached hydrogens (tertiary/aromatic N) is 3. The first-order valence-corrected chi connectivity index (χ1v) is 5.51. The van der Waals surface area contributed by atoms with Gasteiger partial charge in [0.2, 0.25) is 5.13 Å². The van der Waals surface area contributed by atoms with Crippen LogP contribution in [0.4, 0.5) is 10.8 Å². The predicted molar refractivity (Wildman–Crippen MR) is 64.6 cm³/mol. The standard InChI is InChI=1S/C9H10N6OS/c1-5-2-3-7(12-10)6(4-5)8(16)11-9-13-14-15-17-9/h2-4,12H,10H2,1H3,(H,11,13,15,16). The molecule has 0 atom stereocenters. The van der Waals surface area contributed by atoms with E-state index in [2.05, 4.69) is 25.5 Å². The lowest BCUT2D eigenvalue weighted by molar-refractivity contribution is 0.102. The molecular formula is C9H10N6OS. The molecule has 0 saturated carbocycles. The molecule has 0 unspecified atom stereocenters. The fourth-order valence-electron chi connectivity index (χ4n) is 1.32. The molecule has 0 bridgehead atoms. The number of aromatic nitrogens is 3. The summed E-state index contributed by atoms with van der Waals surface area (Å²) in [6.45, 7) is 1.89. The quantitative estimate of drug-likeness (QED) is 0.549. The molecular weight excluding hydrogens is 240 g/mol. The third kappa shape index (κ3) is 2.55. The number of hydrogen-bond acceptors (Lipinski definition) is 7. The minimum Gasteiger partial charge on any atom is -0.323 e. The Morgan fingerprint density at radius 1 is 1.47 bits per heavy atom. The number of hydrogen-bond donors (Lipinski definition) is 3. The van der Waals surface area contributed by atoms with Crippen LogP contribution in [0.5, 0.6) is 0 Å². The summed E-state index contributed by atoms with van der Waals surface area (Å²) in [4.78, 5) is 11.9. The molecule has 0 spiro atoms. The van der Waals surface area contributed by atoms with Crippen molar-refractivity contribution in [2.24, 2.45) is 5.84 Å². The van der Waals surface area contributed by atoms with E-state index in [1.807, 2.05) is 13.0 Å². The SMILES string of the molecule is Cc1ccc(NN)c(C(=O)Nc2nnns2)c1. The van der Waals surface area contributed by atoms with Crippen molar-refractivity contribution in [1.82, 2.24) is 14.8 Å². The average Bonchev–Trinajstić information content (AvgIpc) is 2.81. The maximum Gasteiger partial charge on any atom is 0.259 e. The molecule has 1 aromatic heterocycles. The van der Waals surface area contributed by atoms with Gasteiger partial charge in [0.25, 0.3) is 5.91 Å². The van der Waals surface area contributed by atoms with E-state index < -0.39 is 0 Å². The highest BCUT2D eigenvalue weighted by Gasteiger charge is 2.13. The highest BCUT2D eigenvalue weighted by atomic mass is 32.1. The maximum absolute atomic E-state index is 11.9. The molecule has 1 amide bonds. The summed E-state index contributed by atoms with van der Waals surface area (Å²) in [5, 5.41) is 9.96. The van der Waals surface area contributed by atoms with Crippen molar-refractivity contribution in [3.8, 4) is 0 Å². The topological polar surface area (TPSA) is 106 Å². The van der Waals surface area contributed by atoms with Gasteiger partial charge in [-0.2, -0.15) is 0 Å². The van der Waals surface area contributed by atoms with Crippen LogP contribution in [0.3, 0.4) is 0 Å². The molecule has 0 aliphatic heterocycles. The van der Waals surface area contributed by atoms with Gasteiger partial charge in [-0.3, -0.25) is 16.0 Å². The summed E-state index contributed by atoms with van der Waals surface area (Å²) in [5.74, 6) is 5.04. The molecule has 8 heteroatoms. The molecule has 7 nitrogen and oxygen atoms in total. The van der Waals surface area contributed by atoms with Crippen LogP contribution in [0, 0.1) is 6.92 Å². The van der Waals surface area contributed by atoms with Gasteiger partial charge in [-0.05, 0) is 24.3 Å². The lowest BCUT2D eigenvalue weighted by Crippen LogP contribution is -2.17. The van der Waals surface area contributed by atoms with Gasteiger partial charge in [0, 0.05) is 11.5 Å². The Balaban J connectivity index is 2.26. The molecule has 0 aliphatic rings. The molecule has 0 saturated heterocycles. The van der Waals surface area contributed by atoms with Gasteiger partial charge >= 0.3 is 0 Å². The number of nitrogens with two attached hydrogens (primary N) is 1. The lowest BCUT2D eigenvalue weighted by Gasteiger charge is -2.08. The largest absolute Gasteiger partial charge is 0.323 e. The number of anilines is 2. The van der Waals surface area contributed by atoms with E-state index in [-0.39, 0.29) is 5.91 Å². The highest BCUT2D eigenvalue weighted by molar-refractivity contribution is 7.09. The predicted octanol–water partition coefficient (Wildman–Crippen LogP) is 0.779. The Morgan fingerprint density at radius 2 is 2.29 bits per heavy atom. The normalized spacial score (nSPS) is 10.0. The second-order valence-corrected chi connectivity index (χ2v) is 4.05. The van der Waals surface area contributed by atoms with E-state index in [0.717, 1.165) is 17.1 Å². The Labute approximate surface area is 101 Å². The number of rotatable bonds is 3. The van der Waals surface area contributed by atoms with E-state index in [4.69, 9.17) is 5.84 Å². The molecule has 88 valence electrons. The van der Waals surface area contributed by atoms with E-state index in [1.165, 1.54) is 0 Å². The van der Waals surface area contributed by atoms with Crippen molar-refractivity contribution in [3.05, 3.63) is 29.3 Å². The van der Waals surface area contributed by atoms with Gasteiger partial charge in [-0.1, -0.05) is 21.2 Å². The fourth-order valence-corrected chi connectivity index (χ4v) is 1.68. The second kappa shape index (κ2) is 4.85. The van der Waals surface area contributed by atoms with Crippen molar-refractivity contribution in [1.29, 1.82) is 0 Å². The molecule has 4 N–H and O–H groups in total. The number of carbonyl (C=O) groups excluding carboxylic acids is 1. The molecule has 2 aromatic rings. The number of benzene rings is 1. The van der Waals surface area contributed by atoms with Crippen LogP contribution in [0.1, 0.15) is 15.9 Å². The molecule has 2 rings (SSSR count). The van der Waals surface area contributed by atoms with Gasteiger partial charge < -0.3 is 5.43 Å². The zero-order valence-electron chi connectivity index (χ0n) is 8.97. The van der Waals surface area contributed by atoms with Crippen LogP contribution in [0.15, 0.2) is 18.2 Å². The smallest absolute Gasteiger partial charge is 0.259 e. The van der Waals surface area contributed by atoms with Crippen molar-refractivity contribution < 1.29 is 4.79 Å². The van der Waals surface area contributed by atoms with E-state index in [1.54, 1.807) is 12.1 Å². The Kier molecular flexibility index (Phi) is 3.26. The number of nitrogens with one attached hydrogen (secondary N) is 2. The first-order valence-electron chi connectivity index (χ1n) is 4.74. The van der Waals surface area contributed by atoms with Crippen molar-refractivity contribution in [3.63, 3.8) is 0 Å². The molecule has 0 fully saturated rings. The number of hydrazine groups is 1. The van der Waals surface area contributed by atoms with Gasteiger partial charge in [0.05, 0.1) is 11.3 Å². The van der Waals surface area contributed by atoms with Gasteiger partial charge in [0.15, 0.2) is 0 Å². The van der Waals surface area contributed by atoms with E-state index in [9.17, 15) is 4.79 Å². The minimum absolute atomic E-state index is 0.305. The van der Waals surface area contributed by atoms with Crippen LogP contribution >= 0.6 is 11.5 Å². The molecule has 1 heterocycles. The van der Waals surface area contributed by atoms with Crippen LogP contribution < -0.4 is 16.6 Å². The summed E-state index contributed by atoms with van der Waals surface area (Å²) in [7, 11) is 0. The first kappa shape index (κ1) is 11.4. The Hall–Kier alpha value is -2.06. The highest BCUT2D eigenvalue weighted by Crippen LogP contribution is 2.18. The fraction of sp³-hybridized carbons (Fsp3) is 0.111. The van der Waals surface area contributed by atoms with Crippen molar-refractivity contribution in [2.45, 2.75) is 6.92 Å². The third-order valence-corrected chi connectivity index (χ3v) is 2.61. The zero-order chi connectivity index (χ0) is 12.3. The zero-order valence-corrected chi connectivity index (χ0v) is 9.78. The number of carbonyl (C=O) groups is 1. The summed E-state index contributed by atoms with van der Waals surface area (Å²) in [5.41, 5.74) is 4.43. The van der Waals surface area contributed by atoms with Gasteiger partial charge in [0.1, 0.15) is 0 Å². The molecule has 17 heavy (non-hydrogen) atoms. The Morgan fingerprint density at radius 3 is 2.94 bits per heavy atom. The molecule has 0 aliphatic carbocycles. The van der Waals surface area contributed by atoms with Crippen molar-refractivity contribution in [2.75, 3.05) is 10.7 Å². The Bertz CT molecular complexity index is 526. The summed E-state index contributed by atoms with van der Waals surface area (Å²) < 4.78 is 3.55. The van der Waals surface area contributed by atoms with Crippen LogP contribution in [-0.4, -0.2) is 20.7 Å². The van der Waals surface area contributed by atoms with Crippen LogP contribution in [0.25, 0.3) is 0 Å². The summed E-state index contributed by atoms with van der Waals surface area (Å²) >= 11 is 1.01. The third-order valence-electron chi connectivity index (χ3n) is 2.10. The minimum atomic E-state index is -0.305. The summed E-state index contributed by atoms with van der Waals surface area (Å²) in [6.07, 6.45) is 0. The van der Waals surface area contributed by atoms with E-state index in [0.29, 0.717) is 16.4 Å². The van der Waals surface area contributed by atoms with Crippen molar-refractivity contribution >= 4 is 28.3 Å². The average molecular weight is 250 g/mol. The maximum atomic E-state index is 11.9. The monoisotopic (exact) mass is 250 g/mol. The first-order chi connectivity index (χ1) is 8.20. The number of nitrogen functional groups attached to an aromatic ring is 1. The van der Waals surface area contributed by atoms with Crippen LogP contribution in [0.2, 0.25) is 0 Å². The molecule has 1 aromatic carbocycles. The van der Waals surface area contributed by atoms with Crippen LogP contribution in [-0.2, 0) is 0 Å². The summed E-state index contributed by atoms with van der Waals surface area (Å²) in [6, 6.07) is 5.33. The second-order valence-electron chi connectivity index (χ2n) is 3.32. The number of amides is 1. The van der Waals surface area contributed by atoms with E-state index >= 15 is 0 Å². The molecule has 0 radical (unpaired) electrons. The number of aryl methyl sites for hydroxylation is 1. The van der Waals surface area contributed by atoms with Gasteiger partial charge in [-0.15, -0.1) is 0 Å². The van der Waals surface area contributed by atoms with Gasteiger partial charge in [-0.25, -0.2) is 0 Å².